The summed E-state index contributed by atoms with van der Waals surface area (Å²) in [7, 11) is -2.18. The quantitative estimate of drug-likeness (QED) is 0.300. The maximum absolute atomic E-state index is 9.53. The fourth-order valence-corrected chi connectivity index (χ4v) is 0.189. The molecule has 0 bridgehead atoms. The van der Waals surface area contributed by atoms with Crippen LogP contribution in [0.2, 0.25) is 0 Å². The van der Waals surface area contributed by atoms with Gasteiger partial charge in [0.25, 0.3) is 0 Å². The number of hydrogen-bond donors (Lipinski definition) is 0. The van der Waals surface area contributed by atoms with E-state index in [-0.39, 0.29) is 0 Å². The number of rotatable bonds is 1. The Labute approximate surface area is 39.7 Å². The van der Waals surface area contributed by atoms with Gasteiger partial charge >= 0.3 is 7.30 Å². The lowest BCUT2D eigenvalue weighted by atomic mass is 11.7. The molecule has 0 spiro atoms. The highest BCUT2D eigenvalue weighted by molar-refractivity contribution is 7.72. The lowest BCUT2D eigenvalue weighted by molar-refractivity contribution is 0.565. The van der Waals surface area contributed by atoms with Gasteiger partial charge in [-0.2, -0.15) is 0 Å². The number of nitrogens with zero attached hydrogens (tertiary/aromatic N) is 1. The SMILES string of the molecule is O=C=N[P](=O)Cl. The molecule has 0 rings (SSSR count). The van der Waals surface area contributed by atoms with Crippen molar-refractivity contribution in [3.05, 3.63) is 0 Å². The van der Waals surface area contributed by atoms with Crippen molar-refractivity contribution in [2.75, 3.05) is 0 Å². The lowest BCUT2D eigenvalue weighted by Gasteiger charge is -1.58. The first kappa shape index (κ1) is 5.77. The topological polar surface area (TPSA) is 46.5 Å². The Hall–Kier alpha value is -0.230. The molecule has 6 heavy (non-hydrogen) atoms. The molecule has 0 N–H and O–H groups in total. The third-order valence-corrected chi connectivity index (χ3v) is 0.585. The van der Waals surface area contributed by atoms with Crippen LogP contribution in [0.15, 0.2) is 4.76 Å². The van der Waals surface area contributed by atoms with Gasteiger partial charge in [-0.3, -0.25) is 0 Å². The van der Waals surface area contributed by atoms with E-state index in [9.17, 15) is 4.57 Å². The third kappa shape index (κ3) is 3.77. The highest BCUT2D eigenvalue weighted by Crippen LogP contribution is 2.25. The lowest BCUT2D eigenvalue weighted by Crippen LogP contribution is -1.34. The summed E-state index contributed by atoms with van der Waals surface area (Å²) < 4.78 is 12.1. The number of halogens is 1. The maximum Gasteiger partial charge on any atom is 0.306 e. The monoisotopic (exact) mass is 124 g/mol. The van der Waals surface area contributed by atoms with E-state index in [0.29, 0.717) is 0 Å². The van der Waals surface area contributed by atoms with Gasteiger partial charge < -0.3 is 0 Å². The molecule has 0 aliphatic heterocycles. The van der Waals surface area contributed by atoms with Crippen LogP contribution < -0.4 is 0 Å². The third-order valence-electron chi connectivity index (χ3n) is 0.119. The average Bonchev–Trinajstić information content (AvgIpc) is 1.35. The summed E-state index contributed by atoms with van der Waals surface area (Å²) in [6.07, 6.45) is 1.03. The Morgan fingerprint density at radius 3 is 2.33 bits per heavy atom. The molecule has 33 valence electrons. The Kier molecular flexibility index (Phi) is 2.87. The zero-order valence-electron chi connectivity index (χ0n) is 2.59. The predicted molar refractivity (Wildman–Crippen MR) is 21.6 cm³/mol. The second-order valence-electron chi connectivity index (χ2n) is 0.418. The average molecular weight is 124 g/mol. The van der Waals surface area contributed by atoms with Crippen LogP contribution in [0.25, 0.3) is 0 Å². The first-order valence-corrected chi connectivity index (χ1v) is 3.10. The van der Waals surface area contributed by atoms with Crippen LogP contribution in [0.5, 0.6) is 0 Å². The highest BCUT2D eigenvalue weighted by atomic mass is 35.7. The summed E-state index contributed by atoms with van der Waals surface area (Å²) in [6.45, 7) is 0. The second kappa shape index (κ2) is 2.98. The smallest absolute Gasteiger partial charge is 0.242 e. The van der Waals surface area contributed by atoms with Gasteiger partial charge in [-0.05, 0) is 0 Å². The van der Waals surface area contributed by atoms with Crippen molar-refractivity contribution in [2.45, 2.75) is 0 Å². The molecule has 0 heterocycles. The van der Waals surface area contributed by atoms with Gasteiger partial charge in [0.05, 0.1) is 0 Å². The van der Waals surface area contributed by atoms with E-state index < -0.39 is 7.30 Å². The molecule has 0 aliphatic rings. The van der Waals surface area contributed by atoms with E-state index in [0.717, 1.165) is 6.08 Å². The number of isocyanates is 1. The largest absolute Gasteiger partial charge is 0.306 e. The van der Waals surface area contributed by atoms with Crippen LogP contribution in [-0.2, 0) is 9.36 Å². The van der Waals surface area contributed by atoms with E-state index in [1.54, 1.807) is 0 Å². The van der Waals surface area contributed by atoms with Gasteiger partial charge in [0.2, 0.25) is 6.08 Å². The van der Waals surface area contributed by atoms with Gasteiger partial charge in [-0.25, -0.2) is 9.36 Å². The summed E-state index contributed by atoms with van der Waals surface area (Å²) in [4.78, 5) is 9.06. The molecule has 0 fully saturated rings. The molecule has 0 aromatic carbocycles. The van der Waals surface area contributed by atoms with E-state index in [1.807, 2.05) is 0 Å². The molecule has 1 atom stereocenters. The van der Waals surface area contributed by atoms with E-state index in [2.05, 4.69) is 16.0 Å². The van der Waals surface area contributed by atoms with E-state index >= 15 is 0 Å². The molecule has 1 radical (unpaired) electrons. The first-order valence-electron chi connectivity index (χ1n) is 0.979. The van der Waals surface area contributed by atoms with Crippen LogP contribution >= 0.6 is 18.5 Å². The minimum atomic E-state index is -2.18. The highest BCUT2D eigenvalue weighted by Gasteiger charge is 1.78. The fraction of sp³-hybridized carbons (Fsp3) is 0. The molecular weight excluding hydrogens is 124 g/mol. The Balaban J connectivity index is 3.60. The minimum Gasteiger partial charge on any atom is -0.242 e. The molecule has 1 unspecified atom stereocenters. The first-order chi connectivity index (χ1) is 2.77. The summed E-state index contributed by atoms with van der Waals surface area (Å²) in [6, 6.07) is 0. The van der Waals surface area contributed by atoms with Crippen LogP contribution in [0.4, 0.5) is 0 Å². The summed E-state index contributed by atoms with van der Waals surface area (Å²) in [5.41, 5.74) is 0. The standard InChI is InChI=1S/CClNO2P/c2-6(5)3-1-4. The summed E-state index contributed by atoms with van der Waals surface area (Å²) in [5, 5.41) is 0. The fourth-order valence-electron chi connectivity index (χ4n) is 0.0321. The van der Waals surface area contributed by atoms with Gasteiger partial charge in [0.15, 0.2) is 0 Å². The van der Waals surface area contributed by atoms with Crippen molar-refractivity contribution >= 4 is 24.6 Å². The van der Waals surface area contributed by atoms with Crippen LogP contribution in [0.3, 0.4) is 0 Å². The van der Waals surface area contributed by atoms with Crippen molar-refractivity contribution in [3.8, 4) is 0 Å². The molecule has 5 heteroatoms. The van der Waals surface area contributed by atoms with E-state index in [4.69, 9.17) is 4.79 Å². The van der Waals surface area contributed by atoms with Gasteiger partial charge in [-0.1, -0.05) is 0 Å². The molecule has 0 aromatic rings. The maximum atomic E-state index is 9.53. The van der Waals surface area contributed by atoms with Crippen LogP contribution in [-0.4, -0.2) is 6.08 Å². The second-order valence-corrected chi connectivity index (χ2v) is 1.94. The van der Waals surface area contributed by atoms with E-state index in [1.165, 1.54) is 0 Å². The Bertz CT molecular complexity index is 106. The van der Waals surface area contributed by atoms with Gasteiger partial charge in [-0.15, -0.1) is 4.76 Å². The predicted octanol–water partition coefficient (Wildman–Crippen LogP) is 1.22. The molecular formula is CClNO2P. The van der Waals surface area contributed by atoms with Crippen molar-refractivity contribution in [1.29, 1.82) is 0 Å². The normalized spacial score (nSPS) is 9.17. The summed E-state index contributed by atoms with van der Waals surface area (Å²) >= 11 is 4.66. The van der Waals surface area contributed by atoms with Crippen molar-refractivity contribution in [1.82, 2.24) is 0 Å². The molecule has 0 saturated heterocycles. The number of carbonyl (C=O) groups excluding carboxylic acids is 1. The van der Waals surface area contributed by atoms with Gasteiger partial charge in [0, 0.05) is 11.2 Å². The van der Waals surface area contributed by atoms with Crippen LogP contribution in [0, 0.1) is 0 Å². The van der Waals surface area contributed by atoms with Crippen LogP contribution in [0.1, 0.15) is 0 Å². The van der Waals surface area contributed by atoms with Crippen molar-refractivity contribution < 1.29 is 9.36 Å². The Morgan fingerprint density at radius 1 is 1.83 bits per heavy atom. The zero-order chi connectivity index (χ0) is 4.99. The van der Waals surface area contributed by atoms with Crippen molar-refractivity contribution in [3.63, 3.8) is 0 Å². The molecule has 0 amide bonds. The molecule has 3 nitrogen and oxygen atoms in total. The summed E-state index contributed by atoms with van der Waals surface area (Å²) in [5.74, 6) is 0. The van der Waals surface area contributed by atoms with Gasteiger partial charge in [0.1, 0.15) is 0 Å². The molecule has 0 saturated carbocycles. The van der Waals surface area contributed by atoms with Crippen molar-refractivity contribution in [2.24, 2.45) is 4.76 Å². The molecule has 0 aromatic heterocycles. The Morgan fingerprint density at radius 2 is 2.33 bits per heavy atom. The minimum absolute atomic E-state index is 1.03. The zero-order valence-corrected chi connectivity index (χ0v) is 4.24. The number of hydrogen-bond acceptors (Lipinski definition) is 2. The molecule has 0 aliphatic carbocycles.